The van der Waals surface area contributed by atoms with E-state index in [1.165, 1.54) is 11.3 Å². The van der Waals surface area contributed by atoms with Crippen molar-refractivity contribution in [2.75, 3.05) is 6.54 Å². The minimum Gasteiger partial charge on any atom is -0.327 e. The zero-order valence-electron chi connectivity index (χ0n) is 8.30. The minimum atomic E-state index is -1.35. The molecule has 0 spiro atoms. The fourth-order valence-corrected chi connectivity index (χ4v) is 2.39. The molecule has 0 bridgehead atoms. The van der Waals surface area contributed by atoms with Crippen LogP contribution in [0.1, 0.15) is 23.6 Å². The Balaban J connectivity index is 3.02. The van der Waals surface area contributed by atoms with Crippen molar-refractivity contribution in [3.8, 4) is 0 Å². The normalized spacial score (nSPS) is 16.2. The van der Waals surface area contributed by atoms with Gasteiger partial charge in [0.1, 0.15) is 0 Å². The fourth-order valence-electron chi connectivity index (χ4n) is 1.28. The van der Waals surface area contributed by atoms with E-state index in [-0.39, 0.29) is 12.5 Å². The molecule has 1 heterocycles. The standard InChI is InChI=1S/C10H16FNS/c1-7(2)10(11,6-12)9-5-4-8(3)13-9/h4-5,7H,6,12H2,1-3H3. The van der Waals surface area contributed by atoms with Gasteiger partial charge in [-0.25, -0.2) is 4.39 Å². The Morgan fingerprint density at radius 3 is 2.46 bits per heavy atom. The Kier molecular flexibility index (Phi) is 3.09. The van der Waals surface area contributed by atoms with Crippen LogP contribution in [-0.2, 0) is 5.67 Å². The Morgan fingerprint density at radius 1 is 1.54 bits per heavy atom. The maximum atomic E-state index is 14.3. The summed E-state index contributed by atoms with van der Waals surface area (Å²) in [4.78, 5) is 1.88. The van der Waals surface area contributed by atoms with Crippen LogP contribution in [0.2, 0.25) is 0 Å². The third kappa shape index (κ3) is 1.92. The number of hydrogen-bond acceptors (Lipinski definition) is 2. The number of hydrogen-bond donors (Lipinski definition) is 1. The van der Waals surface area contributed by atoms with E-state index in [2.05, 4.69) is 0 Å². The van der Waals surface area contributed by atoms with E-state index in [0.29, 0.717) is 0 Å². The molecule has 1 unspecified atom stereocenters. The van der Waals surface area contributed by atoms with E-state index in [1.54, 1.807) is 0 Å². The van der Waals surface area contributed by atoms with Gasteiger partial charge >= 0.3 is 0 Å². The Labute approximate surface area is 82.8 Å². The fraction of sp³-hybridized carbons (Fsp3) is 0.600. The molecule has 0 aliphatic rings. The zero-order chi connectivity index (χ0) is 10.1. The van der Waals surface area contributed by atoms with Crippen LogP contribution in [0.4, 0.5) is 4.39 Å². The molecule has 2 N–H and O–H groups in total. The number of rotatable bonds is 3. The van der Waals surface area contributed by atoms with E-state index >= 15 is 0 Å². The molecule has 1 aromatic heterocycles. The lowest BCUT2D eigenvalue weighted by Gasteiger charge is -2.26. The van der Waals surface area contributed by atoms with Gasteiger partial charge in [-0.05, 0) is 25.0 Å². The molecular weight excluding hydrogens is 185 g/mol. The summed E-state index contributed by atoms with van der Waals surface area (Å²) in [5, 5.41) is 0. The number of halogens is 1. The molecule has 0 aromatic carbocycles. The highest BCUT2D eigenvalue weighted by molar-refractivity contribution is 7.12. The second-order valence-corrected chi connectivity index (χ2v) is 4.92. The summed E-state index contributed by atoms with van der Waals surface area (Å²) >= 11 is 1.49. The zero-order valence-corrected chi connectivity index (χ0v) is 9.12. The minimum absolute atomic E-state index is 0.0601. The number of alkyl halides is 1. The lowest BCUT2D eigenvalue weighted by Crippen LogP contribution is -2.34. The molecule has 0 fully saturated rings. The Hall–Kier alpha value is -0.410. The summed E-state index contributed by atoms with van der Waals surface area (Å²) in [6.45, 7) is 5.76. The van der Waals surface area contributed by atoms with Crippen LogP contribution < -0.4 is 5.73 Å². The highest BCUT2D eigenvalue weighted by Gasteiger charge is 2.35. The summed E-state index contributed by atoms with van der Waals surface area (Å²) in [5.74, 6) is -0.0736. The summed E-state index contributed by atoms with van der Waals surface area (Å²) < 4.78 is 14.3. The van der Waals surface area contributed by atoms with Crippen LogP contribution in [0.15, 0.2) is 12.1 Å². The Bertz CT molecular complexity index is 282. The van der Waals surface area contributed by atoms with Crippen molar-refractivity contribution in [3.05, 3.63) is 21.9 Å². The molecule has 0 saturated carbocycles. The topological polar surface area (TPSA) is 26.0 Å². The van der Waals surface area contributed by atoms with Gasteiger partial charge in [0, 0.05) is 16.3 Å². The third-order valence-electron chi connectivity index (χ3n) is 2.36. The number of nitrogens with two attached hydrogens (primary N) is 1. The Morgan fingerprint density at radius 2 is 2.15 bits per heavy atom. The quantitative estimate of drug-likeness (QED) is 0.799. The second kappa shape index (κ2) is 3.76. The molecule has 0 radical (unpaired) electrons. The van der Waals surface area contributed by atoms with Gasteiger partial charge in [-0.1, -0.05) is 13.8 Å². The van der Waals surface area contributed by atoms with E-state index in [9.17, 15) is 4.39 Å². The van der Waals surface area contributed by atoms with E-state index < -0.39 is 5.67 Å². The second-order valence-electron chi connectivity index (χ2n) is 3.63. The summed E-state index contributed by atoms with van der Waals surface area (Å²) in [7, 11) is 0. The van der Waals surface area contributed by atoms with E-state index in [1.807, 2.05) is 32.9 Å². The van der Waals surface area contributed by atoms with Crippen molar-refractivity contribution >= 4 is 11.3 Å². The van der Waals surface area contributed by atoms with E-state index in [4.69, 9.17) is 5.73 Å². The molecule has 13 heavy (non-hydrogen) atoms. The SMILES string of the molecule is Cc1ccc(C(F)(CN)C(C)C)s1. The van der Waals surface area contributed by atoms with Crippen LogP contribution in [-0.4, -0.2) is 6.54 Å². The molecule has 74 valence electrons. The molecule has 3 heteroatoms. The predicted molar refractivity (Wildman–Crippen MR) is 55.7 cm³/mol. The lowest BCUT2D eigenvalue weighted by molar-refractivity contribution is 0.114. The molecule has 0 aliphatic heterocycles. The van der Waals surface area contributed by atoms with Gasteiger partial charge in [0.2, 0.25) is 0 Å². The molecule has 1 atom stereocenters. The maximum Gasteiger partial charge on any atom is 0.159 e. The average Bonchev–Trinajstić information content (AvgIpc) is 2.50. The van der Waals surface area contributed by atoms with Crippen molar-refractivity contribution in [2.45, 2.75) is 26.4 Å². The van der Waals surface area contributed by atoms with Crippen LogP contribution in [0, 0.1) is 12.8 Å². The average molecular weight is 201 g/mol. The van der Waals surface area contributed by atoms with Crippen LogP contribution in [0.5, 0.6) is 0 Å². The van der Waals surface area contributed by atoms with Crippen molar-refractivity contribution < 1.29 is 4.39 Å². The number of thiophene rings is 1. The lowest BCUT2D eigenvalue weighted by atomic mass is 9.91. The first kappa shape index (κ1) is 10.7. The van der Waals surface area contributed by atoms with Gasteiger partial charge in [-0.15, -0.1) is 11.3 Å². The van der Waals surface area contributed by atoms with Crippen molar-refractivity contribution in [1.82, 2.24) is 0 Å². The molecule has 0 saturated heterocycles. The highest BCUT2D eigenvalue weighted by atomic mass is 32.1. The highest BCUT2D eigenvalue weighted by Crippen LogP contribution is 2.37. The van der Waals surface area contributed by atoms with Crippen molar-refractivity contribution in [2.24, 2.45) is 11.7 Å². The van der Waals surface area contributed by atoms with Crippen molar-refractivity contribution in [3.63, 3.8) is 0 Å². The predicted octanol–water partition coefficient (Wildman–Crippen LogP) is 2.84. The molecule has 0 amide bonds. The van der Waals surface area contributed by atoms with Gasteiger partial charge in [0.05, 0.1) is 0 Å². The van der Waals surface area contributed by atoms with Gasteiger partial charge in [0.25, 0.3) is 0 Å². The molecule has 1 rings (SSSR count). The van der Waals surface area contributed by atoms with Crippen LogP contribution in [0.3, 0.4) is 0 Å². The van der Waals surface area contributed by atoms with E-state index in [0.717, 1.165) is 9.75 Å². The summed E-state index contributed by atoms with van der Waals surface area (Å²) in [6, 6.07) is 3.78. The largest absolute Gasteiger partial charge is 0.327 e. The van der Waals surface area contributed by atoms with Gasteiger partial charge < -0.3 is 5.73 Å². The molecular formula is C10H16FNS. The van der Waals surface area contributed by atoms with Crippen LogP contribution >= 0.6 is 11.3 Å². The third-order valence-corrected chi connectivity index (χ3v) is 3.52. The maximum absolute atomic E-state index is 14.3. The van der Waals surface area contributed by atoms with Gasteiger partial charge in [0.15, 0.2) is 5.67 Å². The van der Waals surface area contributed by atoms with Crippen molar-refractivity contribution in [1.29, 1.82) is 0 Å². The first-order valence-electron chi connectivity index (χ1n) is 4.46. The van der Waals surface area contributed by atoms with Gasteiger partial charge in [-0.2, -0.15) is 0 Å². The smallest absolute Gasteiger partial charge is 0.159 e. The first-order valence-corrected chi connectivity index (χ1v) is 5.28. The van der Waals surface area contributed by atoms with Crippen LogP contribution in [0.25, 0.3) is 0 Å². The monoisotopic (exact) mass is 201 g/mol. The number of aryl methyl sites for hydroxylation is 1. The van der Waals surface area contributed by atoms with Gasteiger partial charge in [-0.3, -0.25) is 0 Å². The molecule has 1 nitrogen and oxygen atoms in total. The summed E-state index contributed by atoms with van der Waals surface area (Å²) in [5.41, 5.74) is 4.13. The molecule has 0 aliphatic carbocycles. The first-order chi connectivity index (χ1) is 6.00. The summed E-state index contributed by atoms with van der Waals surface area (Å²) in [6.07, 6.45) is 0. The molecule has 1 aromatic rings.